The van der Waals surface area contributed by atoms with Crippen molar-refractivity contribution in [2.24, 2.45) is 0 Å². The fourth-order valence-corrected chi connectivity index (χ4v) is 3.29. The van der Waals surface area contributed by atoms with Gasteiger partial charge in [0.05, 0.1) is 6.61 Å². The predicted molar refractivity (Wildman–Crippen MR) is 107 cm³/mol. The van der Waals surface area contributed by atoms with Gasteiger partial charge in [0.25, 0.3) is 0 Å². The first-order valence-corrected chi connectivity index (χ1v) is 8.54. The van der Waals surface area contributed by atoms with Crippen LogP contribution in [0.25, 0.3) is 0 Å². The van der Waals surface area contributed by atoms with Crippen LogP contribution in [0.3, 0.4) is 0 Å². The minimum absolute atomic E-state index is 0. The van der Waals surface area contributed by atoms with E-state index in [4.69, 9.17) is 0 Å². The van der Waals surface area contributed by atoms with Crippen molar-refractivity contribution in [3.8, 4) is 0 Å². The highest BCUT2D eigenvalue weighted by Crippen LogP contribution is 2.32. The molecule has 0 bridgehead atoms. The minimum Gasteiger partial charge on any atom is -0.392 e. The zero-order valence-corrected chi connectivity index (χ0v) is 14.3. The van der Waals surface area contributed by atoms with Crippen LogP contribution in [0.5, 0.6) is 0 Å². The van der Waals surface area contributed by atoms with Gasteiger partial charge in [-0.2, -0.15) is 0 Å². The monoisotopic (exact) mass is 332 g/mol. The van der Waals surface area contributed by atoms with Crippen LogP contribution in [0.15, 0.2) is 78.9 Å². The van der Waals surface area contributed by atoms with Crippen molar-refractivity contribution >= 4 is 0 Å². The lowest BCUT2D eigenvalue weighted by molar-refractivity contribution is 0.280. The summed E-state index contributed by atoms with van der Waals surface area (Å²) in [4.78, 5) is 0. The van der Waals surface area contributed by atoms with Gasteiger partial charge >= 0.3 is 0 Å². The second-order valence-electron chi connectivity index (χ2n) is 6.38. The van der Waals surface area contributed by atoms with Crippen molar-refractivity contribution in [2.75, 3.05) is 0 Å². The average Bonchev–Trinajstić information content (AvgIpc) is 2.67. The van der Waals surface area contributed by atoms with Gasteiger partial charge in [-0.05, 0) is 27.8 Å². The Balaban J connectivity index is 0.00000225. The molecule has 3 rings (SSSR count). The average molecular weight is 332 g/mol. The maximum atomic E-state index is 9.76. The van der Waals surface area contributed by atoms with Crippen LogP contribution in [-0.2, 0) is 6.61 Å². The molecule has 0 saturated heterocycles. The van der Waals surface area contributed by atoms with Crippen molar-refractivity contribution in [1.29, 1.82) is 0 Å². The number of hydrogen-bond acceptors (Lipinski definition) is 1. The first kappa shape index (κ1) is 19.0. The highest BCUT2D eigenvalue weighted by Gasteiger charge is 2.16. The Morgan fingerprint density at radius 1 is 0.680 bits per heavy atom. The Bertz CT molecular complexity index is 778. The lowest BCUT2D eigenvalue weighted by Gasteiger charge is -2.20. The van der Waals surface area contributed by atoms with Crippen LogP contribution >= 0.6 is 0 Å². The van der Waals surface area contributed by atoms with Gasteiger partial charge in [0.1, 0.15) is 0 Å². The first-order chi connectivity index (χ1) is 11.7. The maximum Gasteiger partial charge on any atom is 0.0684 e. The van der Waals surface area contributed by atoms with Crippen molar-refractivity contribution in [3.63, 3.8) is 0 Å². The molecule has 0 amide bonds. The van der Waals surface area contributed by atoms with Crippen molar-refractivity contribution in [1.82, 2.24) is 0 Å². The SMILES string of the molecule is C.CC(c1ccccc1)c1ccc(CO)c(C(C)c2ccccc2)c1. The summed E-state index contributed by atoms with van der Waals surface area (Å²) in [5.41, 5.74) is 6.10. The third kappa shape index (κ3) is 4.18. The fourth-order valence-electron chi connectivity index (χ4n) is 3.29. The normalized spacial score (nSPS) is 12.9. The third-order valence-corrected chi connectivity index (χ3v) is 4.91. The van der Waals surface area contributed by atoms with Crippen molar-refractivity contribution in [3.05, 3.63) is 107 Å². The lowest BCUT2D eigenvalue weighted by atomic mass is 9.85. The van der Waals surface area contributed by atoms with Crippen molar-refractivity contribution in [2.45, 2.75) is 39.7 Å². The molecule has 130 valence electrons. The van der Waals surface area contributed by atoms with Gasteiger partial charge in [-0.15, -0.1) is 0 Å². The summed E-state index contributed by atoms with van der Waals surface area (Å²) in [7, 11) is 0. The zero-order valence-electron chi connectivity index (χ0n) is 14.3. The molecular weight excluding hydrogens is 304 g/mol. The molecule has 1 N–H and O–H groups in total. The van der Waals surface area contributed by atoms with Gasteiger partial charge < -0.3 is 5.11 Å². The summed E-state index contributed by atoms with van der Waals surface area (Å²) >= 11 is 0. The van der Waals surface area contributed by atoms with Crippen LogP contribution in [0.2, 0.25) is 0 Å². The number of hydrogen-bond donors (Lipinski definition) is 1. The van der Waals surface area contributed by atoms with E-state index in [-0.39, 0.29) is 20.0 Å². The van der Waals surface area contributed by atoms with Gasteiger partial charge in [-0.1, -0.05) is 100 Å². The van der Waals surface area contributed by atoms with Gasteiger partial charge in [-0.25, -0.2) is 0 Å². The molecule has 3 aromatic carbocycles. The molecule has 0 radical (unpaired) electrons. The van der Waals surface area contributed by atoms with Crippen LogP contribution < -0.4 is 0 Å². The molecule has 0 heterocycles. The highest BCUT2D eigenvalue weighted by atomic mass is 16.3. The molecule has 25 heavy (non-hydrogen) atoms. The smallest absolute Gasteiger partial charge is 0.0684 e. The highest BCUT2D eigenvalue weighted by molar-refractivity contribution is 5.43. The van der Waals surface area contributed by atoms with Gasteiger partial charge in [0.2, 0.25) is 0 Å². The number of aliphatic hydroxyl groups is 1. The molecule has 1 nitrogen and oxygen atoms in total. The van der Waals surface area contributed by atoms with Crippen molar-refractivity contribution < 1.29 is 5.11 Å². The molecule has 3 aromatic rings. The van der Waals surface area contributed by atoms with E-state index < -0.39 is 0 Å². The van der Waals surface area contributed by atoms with Crippen LogP contribution in [0, 0.1) is 0 Å². The van der Waals surface area contributed by atoms with E-state index in [0.29, 0.717) is 5.92 Å². The summed E-state index contributed by atoms with van der Waals surface area (Å²) in [5.74, 6) is 0.594. The Morgan fingerprint density at radius 2 is 1.20 bits per heavy atom. The minimum atomic E-state index is 0. The molecule has 0 aromatic heterocycles. The summed E-state index contributed by atoms with van der Waals surface area (Å²) in [5, 5.41) is 9.76. The predicted octanol–water partition coefficient (Wildman–Crippen LogP) is 6.12. The summed E-state index contributed by atoms with van der Waals surface area (Å²) in [6.07, 6.45) is 0. The molecular formula is C24H28O. The molecule has 0 spiro atoms. The third-order valence-electron chi connectivity index (χ3n) is 4.91. The topological polar surface area (TPSA) is 20.2 Å². The standard InChI is InChI=1S/C23H24O.CH4/c1-17(19-9-5-3-6-10-19)21-13-14-22(16-24)23(15-21)18(2)20-11-7-4-8-12-20;/h3-15,17-18,24H,16H2,1-2H3;1H4. The van der Waals surface area contributed by atoms with E-state index in [9.17, 15) is 5.11 Å². The second kappa shape index (κ2) is 8.64. The Labute approximate surface area is 152 Å². The molecule has 0 aliphatic heterocycles. The van der Waals surface area contributed by atoms with Crippen LogP contribution in [0.4, 0.5) is 0 Å². The molecule has 0 aliphatic carbocycles. The zero-order chi connectivity index (χ0) is 16.9. The quantitative estimate of drug-likeness (QED) is 0.597. The summed E-state index contributed by atoms with van der Waals surface area (Å²) < 4.78 is 0. The Kier molecular flexibility index (Phi) is 6.55. The van der Waals surface area contributed by atoms with Gasteiger partial charge in [0.15, 0.2) is 0 Å². The maximum absolute atomic E-state index is 9.76. The van der Waals surface area contributed by atoms with Crippen LogP contribution in [-0.4, -0.2) is 5.11 Å². The van der Waals surface area contributed by atoms with E-state index >= 15 is 0 Å². The second-order valence-corrected chi connectivity index (χ2v) is 6.38. The number of rotatable bonds is 5. The Hall–Kier alpha value is -2.38. The fraction of sp³-hybridized carbons (Fsp3) is 0.250. The van der Waals surface area contributed by atoms with E-state index in [1.807, 2.05) is 12.1 Å². The van der Waals surface area contributed by atoms with E-state index in [1.165, 1.54) is 22.3 Å². The van der Waals surface area contributed by atoms with Crippen LogP contribution in [0.1, 0.15) is 60.9 Å². The summed E-state index contributed by atoms with van der Waals surface area (Å²) in [6, 6.07) is 27.5. The molecule has 0 fully saturated rings. The molecule has 2 atom stereocenters. The van der Waals surface area contributed by atoms with E-state index in [2.05, 4.69) is 80.6 Å². The van der Waals surface area contributed by atoms with Gasteiger partial charge in [-0.3, -0.25) is 0 Å². The largest absolute Gasteiger partial charge is 0.392 e. The lowest BCUT2D eigenvalue weighted by Crippen LogP contribution is -2.04. The Morgan fingerprint density at radius 3 is 1.72 bits per heavy atom. The molecule has 0 saturated carbocycles. The number of aliphatic hydroxyl groups excluding tert-OH is 1. The van der Waals surface area contributed by atoms with E-state index in [0.717, 1.165) is 5.56 Å². The molecule has 0 aliphatic rings. The molecule has 1 heteroatoms. The first-order valence-electron chi connectivity index (χ1n) is 8.54. The summed E-state index contributed by atoms with van der Waals surface area (Å²) in [6.45, 7) is 4.52. The van der Waals surface area contributed by atoms with E-state index in [1.54, 1.807) is 0 Å². The van der Waals surface area contributed by atoms with Gasteiger partial charge in [0, 0.05) is 11.8 Å². The number of benzene rings is 3. The molecule has 2 unspecified atom stereocenters.